The molecule has 1 aliphatic rings. The Kier molecular flexibility index (Phi) is 2.93. The van der Waals surface area contributed by atoms with Crippen molar-refractivity contribution in [2.75, 3.05) is 6.67 Å². The Balaban J connectivity index is 2.13. The van der Waals surface area contributed by atoms with Crippen molar-refractivity contribution in [2.45, 2.75) is 6.54 Å². The number of benzene rings is 1. The largest absolute Gasteiger partial charge is 0.354 e. The van der Waals surface area contributed by atoms with Crippen molar-refractivity contribution >= 4 is 12.5 Å². The third-order valence-corrected chi connectivity index (χ3v) is 2.31. The van der Waals surface area contributed by atoms with Gasteiger partial charge < -0.3 is 4.90 Å². The summed E-state index contributed by atoms with van der Waals surface area (Å²) >= 11 is 0. The van der Waals surface area contributed by atoms with Crippen LogP contribution < -0.4 is 0 Å². The molecule has 0 fully saturated rings. The van der Waals surface area contributed by atoms with Crippen molar-refractivity contribution in [1.82, 2.24) is 4.90 Å². The molecule has 0 aromatic heterocycles. The highest BCUT2D eigenvalue weighted by atomic mass is 16.1. The second-order valence-corrected chi connectivity index (χ2v) is 3.38. The Hall–Kier alpha value is -1.90. The van der Waals surface area contributed by atoms with Gasteiger partial charge >= 0.3 is 0 Å². The first kappa shape index (κ1) is 9.65. The zero-order chi connectivity index (χ0) is 10.5. The van der Waals surface area contributed by atoms with Gasteiger partial charge in [-0.3, -0.25) is 9.79 Å². The monoisotopic (exact) mass is 200 g/mol. The van der Waals surface area contributed by atoms with E-state index in [1.807, 2.05) is 36.5 Å². The molecule has 0 unspecified atom stereocenters. The molecule has 0 spiro atoms. The maximum Gasteiger partial charge on any atom is 0.150 e. The van der Waals surface area contributed by atoms with Crippen LogP contribution in [-0.2, 0) is 6.54 Å². The van der Waals surface area contributed by atoms with Gasteiger partial charge in [-0.15, -0.1) is 0 Å². The summed E-state index contributed by atoms with van der Waals surface area (Å²) < 4.78 is 0. The molecule has 15 heavy (non-hydrogen) atoms. The van der Waals surface area contributed by atoms with Gasteiger partial charge in [0.1, 0.15) is 13.0 Å². The minimum Gasteiger partial charge on any atom is -0.354 e. The minimum absolute atomic E-state index is 0.656. The van der Waals surface area contributed by atoms with E-state index < -0.39 is 0 Å². The van der Waals surface area contributed by atoms with Crippen molar-refractivity contribution in [3.63, 3.8) is 0 Å². The number of nitrogens with zero attached hydrogens (tertiary/aromatic N) is 2. The molecule has 0 aliphatic carbocycles. The lowest BCUT2D eigenvalue weighted by Gasteiger charge is -2.20. The van der Waals surface area contributed by atoms with Crippen molar-refractivity contribution < 1.29 is 4.79 Å². The molecule has 0 saturated heterocycles. The lowest BCUT2D eigenvalue weighted by Crippen LogP contribution is -2.19. The molecular formula is C12H12N2O. The first-order valence-corrected chi connectivity index (χ1v) is 4.84. The first-order chi connectivity index (χ1) is 7.40. The Morgan fingerprint density at radius 3 is 3.00 bits per heavy atom. The van der Waals surface area contributed by atoms with Crippen LogP contribution in [0.1, 0.15) is 15.9 Å². The van der Waals surface area contributed by atoms with Crippen LogP contribution in [-0.4, -0.2) is 24.1 Å². The topological polar surface area (TPSA) is 32.7 Å². The standard InChI is InChI=1S/C12H12N2O/c15-9-12-5-2-1-4-11(12)8-14-7-3-6-13-10-14/h1-7,9H,8,10H2. The predicted molar refractivity (Wildman–Crippen MR) is 59.9 cm³/mol. The van der Waals surface area contributed by atoms with E-state index in [4.69, 9.17) is 0 Å². The number of hydrogen-bond acceptors (Lipinski definition) is 3. The smallest absolute Gasteiger partial charge is 0.150 e. The number of allylic oxidation sites excluding steroid dienone is 1. The number of rotatable bonds is 3. The molecule has 2 rings (SSSR count). The number of carbonyl (C=O) groups is 1. The fraction of sp³-hybridized carbons (Fsp3) is 0.167. The van der Waals surface area contributed by atoms with E-state index in [0.717, 1.165) is 24.0 Å². The quantitative estimate of drug-likeness (QED) is 0.697. The highest BCUT2D eigenvalue weighted by Gasteiger charge is 2.05. The van der Waals surface area contributed by atoms with Crippen molar-refractivity contribution in [2.24, 2.45) is 4.99 Å². The lowest BCUT2D eigenvalue weighted by atomic mass is 10.1. The van der Waals surface area contributed by atoms with Gasteiger partial charge in [0.05, 0.1) is 0 Å². The maximum atomic E-state index is 10.8. The Morgan fingerprint density at radius 1 is 1.40 bits per heavy atom. The fourth-order valence-corrected chi connectivity index (χ4v) is 1.53. The first-order valence-electron chi connectivity index (χ1n) is 4.84. The summed E-state index contributed by atoms with van der Waals surface area (Å²) in [6, 6.07) is 7.62. The van der Waals surface area contributed by atoms with Gasteiger partial charge in [-0.1, -0.05) is 24.3 Å². The van der Waals surface area contributed by atoms with E-state index in [1.165, 1.54) is 0 Å². The third kappa shape index (κ3) is 2.31. The molecule has 0 N–H and O–H groups in total. The van der Waals surface area contributed by atoms with Crippen LogP contribution in [0.3, 0.4) is 0 Å². The van der Waals surface area contributed by atoms with Gasteiger partial charge in [-0.25, -0.2) is 0 Å². The lowest BCUT2D eigenvalue weighted by molar-refractivity contribution is 0.112. The zero-order valence-corrected chi connectivity index (χ0v) is 8.34. The van der Waals surface area contributed by atoms with Crippen LogP contribution in [0.15, 0.2) is 41.5 Å². The van der Waals surface area contributed by atoms with Crippen LogP contribution in [0, 0.1) is 0 Å². The molecule has 3 heteroatoms. The third-order valence-electron chi connectivity index (χ3n) is 2.31. The predicted octanol–water partition coefficient (Wildman–Crippen LogP) is 1.86. The van der Waals surface area contributed by atoms with E-state index in [1.54, 1.807) is 6.21 Å². The number of carbonyl (C=O) groups excluding carboxylic acids is 1. The Labute approximate surface area is 88.7 Å². The second kappa shape index (κ2) is 4.55. The molecular weight excluding hydrogens is 188 g/mol. The summed E-state index contributed by atoms with van der Waals surface area (Å²) in [5.74, 6) is 0. The molecule has 1 aliphatic heterocycles. The molecule has 0 bridgehead atoms. The van der Waals surface area contributed by atoms with Gasteiger partial charge in [-0.2, -0.15) is 0 Å². The van der Waals surface area contributed by atoms with Crippen molar-refractivity contribution in [3.05, 3.63) is 47.7 Å². The Morgan fingerprint density at radius 2 is 2.27 bits per heavy atom. The fourth-order valence-electron chi connectivity index (χ4n) is 1.53. The number of hydrogen-bond donors (Lipinski definition) is 0. The summed E-state index contributed by atoms with van der Waals surface area (Å²) in [6.45, 7) is 1.38. The molecule has 1 aromatic rings. The maximum absolute atomic E-state index is 10.8. The highest BCUT2D eigenvalue weighted by molar-refractivity contribution is 5.77. The summed E-state index contributed by atoms with van der Waals surface area (Å²) in [4.78, 5) is 17.0. The number of aldehydes is 1. The molecule has 1 aromatic carbocycles. The van der Waals surface area contributed by atoms with E-state index in [9.17, 15) is 4.79 Å². The van der Waals surface area contributed by atoms with Crippen LogP contribution in [0.2, 0.25) is 0 Å². The Bertz CT molecular complexity index is 410. The van der Waals surface area contributed by atoms with E-state index in [0.29, 0.717) is 6.67 Å². The zero-order valence-electron chi connectivity index (χ0n) is 8.34. The average Bonchev–Trinajstić information content (AvgIpc) is 2.31. The van der Waals surface area contributed by atoms with Crippen molar-refractivity contribution in [3.8, 4) is 0 Å². The van der Waals surface area contributed by atoms with Gasteiger partial charge in [0.25, 0.3) is 0 Å². The van der Waals surface area contributed by atoms with Gasteiger partial charge in [-0.05, 0) is 11.6 Å². The second-order valence-electron chi connectivity index (χ2n) is 3.38. The summed E-state index contributed by atoms with van der Waals surface area (Å²) in [5.41, 5.74) is 1.79. The van der Waals surface area contributed by atoms with Gasteiger partial charge in [0, 0.05) is 24.5 Å². The SMILES string of the molecule is O=Cc1ccccc1CN1C=CC=NC1. The molecule has 76 valence electrons. The minimum atomic E-state index is 0.656. The highest BCUT2D eigenvalue weighted by Crippen LogP contribution is 2.10. The molecule has 0 radical (unpaired) electrons. The van der Waals surface area contributed by atoms with Crippen LogP contribution >= 0.6 is 0 Å². The number of aliphatic imine (C=N–C) groups is 1. The molecule has 1 heterocycles. The summed E-state index contributed by atoms with van der Waals surface area (Å²) in [7, 11) is 0. The van der Waals surface area contributed by atoms with Crippen LogP contribution in [0.25, 0.3) is 0 Å². The summed E-state index contributed by atoms with van der Waals surface area (Å²) in [5, 5.41) is 0. The van der Waals surface area contributed by atoms with Crippen LogP contribution in [0.4, 0.5) is 0 Å². The van der Waals surface area contributed by atoms with Crippen molar-refractivity contribution in [1.29, 1.82) is 0 Å². The van der Waals surface area contributed by atoms with E-state index in [-0.39, 0.29) is 0 Å². The van der Waals surface area contributed by atoms with Crippen LogP contribution in [0.5, 0.6) is 0 Å². The normalized spacial score (nSPS) is 14.3. The molecule has 0 amide bonds. The van der Waals surface area contributed by atoms with E-state index in [2.05, 4.69) is 9.89 Å². The molecule has 0 saturated carbocycles. The average molecular weight is 200 g/mol. The van der Waals surface area contributed by atoms with Gasteiger partial charge in [0.15, 0.2) is 0 Å². The van der Waals surface area contributed by atoms with E-state index >= 15 is 0 Å². The molecule has 0 atom stereocenters. The summed E-state index contributed by atoms with van der Waals surface area (Å²) in [6.07, 6.45) is 6.55. The molecule has 3 nitrogen and oxygen atoms in total. The van der Waals surface area contributed by atoms with Gasteiger partial charge in [0.2, 0.25) is 0 Å².